The van der Waals surface area contributed by atoms with Crippen LogP contribution in [0.25, 0.3) is 6.08 Å². The molecule has 0 saturated carbocycles. The van der Waals surface area contributed by atoms with Crippen LogP contribution in [-0.2, 0) is 4.79 Å². The van der Waals surface area contributed by atoms with Crippen LogP contribution in [-0.4, -0.2) is 29.1 Å². The molecule has 1 fully saturated rings. The average molecular weight is 435 g/mol. The molecule has 0 atom stereocenters. The minimum atomic E-state index is -0.0472. The summed E-state index contributed by atoms with van der Waals surface area (Å²) in [6.45, 7) is 5.24. The first-order chi connectivity index (χ1) is 12.6. The lowest BCUT2D eigenvalue weighted by atomic mass is 10.3. The fourth-order valence-corrected chi connectivity index (χ4v) is 3.77. The van der Waals surface area contributed by atoms with Crippen LogP contribution in [0, 0.1) is 0 Å². The Bertz CT molecular complexity index is 843. The van der Waals surface area contributed by atoms with Gasteiger partial charge in [-0.25, -0.2) is 4.99 Å². The van der Waals surface area contributed by atoms with E-state index in [0.29, 0.717) is 33.7 Å². The number of ether oxygens (including phenoxy) is 1. The maximum absolute atomic E-state index is 12.7. The Labute approximate surface area is 165 Å². The first-order valence-electron chi connectivity index (χ1n) is 8.39. The van der Waals surface area contributed by atoms with Gasteiger partial charge in [-0.2, -0.15) is 0 Å². The van der Waals surface area contributed by atoms with E-state index in [4.69, 9.17) is 9.15 Å². The average Bonchev–Trinajstić information content (AvgIpc) is 3.16. The van der Waals surface area contributed by atoms with Crippen LogP contribution in [0.2, 0.25) is 0 Å². The van der Waals surface area contributed by atoms with E-state index in [0.717, 1.165) is 17.9 Å². The molecule has 1 aliphatic heterocycles. The highest BCUT2D eigenvalue weighted by Gasteiger charge is 2.33. The first-order valence-corrected chi connectivity index (χ1v) is 10.00. The quantitative estimate of drug-likeness (QED) is 0.566. The topological polar surface area (TPSA) is 55.0 Å². The second-order valence-electron chi connectivity index (χ2n) is 5.53. The molecule has 136 valence electrons. The summed E-state index contributed by atoms with van der Waals surface area (Å²) < 4.78 is 11.6. The smallest absolute Gasteiger partial charge is 0.266 e. The highest BCUT2D eigenvalue weighted by Crippen LogP contribution is 2.35. The summed E-state index contributed by atoms with van der Waals surface area (Å²) in [6.07, 6.45) is 2.61. The fraction of sp³-hybridized carbons (Fsp3) is 0.263. The molecule has 1 aromatic carbocycles. The Morgan fingerprint density at radius 1 is 1.23 bits per heavy atom. The maximum atomic E-state index is 12.7. The van der Waals surface area contributed by atoms with Crippen LogP contribution < -0.4 is 4.74 Å². The molecule has 0 radical (unpaired) electrons. The Morgan fingerprint density at radius 2 is 2.00 bits per heavy atom. The number of aliphatic imine (C=N–C) groups is 1. The SMILES string of the molecule is CCCN1C(=O)C(=Cc2ccc(Br)o2)SC1=Nc1ccc(OCC)cc1. The van der Waals surface area contributed by atoms with Crippen LogP contribution >= 0.6 is 27.7 Å². The summed E-state index contributed by atoms with van der Waals surface area (Å²) in [6, 6.07) is 11.2. The number of benzene rings is 1. The summed E-state index contributed by atoms with van der Waals surface area (Å²) in [4.78, 5) is 19.7. The standard InChI is InChI=1S/C19H19BrN2O3S/c1-3-11-22-18(23)16(12-15-9-10-17(20)25-15)26-19(22)21-13-5-7-14(8-6-13)24-4-2/h5-10,12H,3-4,11H2,1-2H3. The van der Waals surface area contributed by atoms with E-state index >= 15 is 0 Å². The van der Waals surface area contributed by atoms with Gasteiger partial charge in [0.25, 0.3) is 5.91 Å². The number of amides is 1. The normalized spacial score (nSPS) is 17.5. The van der Waals surface area contributed by atoms with Gasteiger partial charge in [-0.15, -0.1) is 0 Å². The van der Waals surface area contributed by atoms with Crippen LogP contribution in [0.1, 0.15) is 26.0 Å². The monoisotopic (exact) mass is 434 g/mol. The van der Waals surface area contributed by atoms with Gasteiger partial charge in [-0.1, -0.05) is 6.92 Å². The number of rotatable bonds is 6. The molecule has 3 rings (SSSR count). The summed E-state index contributed by atoms with van der Waals surface area (Å²) >= 11 is 4.64. The molecule has 5 nitrogen and oxygen atoms in total. The fourth-order valence-electron chi connectivity index (χ4n) is 2.44. The van der Waals surface area contributed by atoms with E-state index in [1.54, 1.807) is 17.0 Å². The molecule has 1 amide bonds. The number of amidine groups is 1. The summed E-state index contributed by atoms with van der Waals surface area (Å²) in [5, 5.41) is 0.679. The van der Waals surface area contributed by atoms with Crippen molar-refractivity contribution in [2.45, 2.75) is 20.3 Å². The highest BCUT2D eigenvalue weighted by molar-refractivity contribution is 9.10. The van der Waals surface area contributed by atoms with Crippen molar-refractivity contribution in [2.24, 2.45) is 4.99 Å². The van der Waals surface area contributed by atoms with Crippen molar-refractivity contribution in [3.63, 3.8) is 0 Å². The van der Waals surface area contributed by atoms with E-state index in [1.807, 2.05) is 44.2 Å². The van der Waals surface area contributed by atoms with E-state index < -0.39 is 0 Å². The number of hydrogen-bond acceptors (Lipinski definition) is 5. The van der Waals surface area contributed by atoms with Crippen molar-refractivity contribution < 1.29 is 13.9 Å². The van der Waals surface area contributed by atoms with Crippen molar-refractivity contribution in [3.05, 3.63) is 51.7 Å². The zero-order valence-electron chi connectivity index (χ0n) is 14.6. The molecule has 1 aromatic heterocycles. The van der Waals surface area contributed by atoms with E-state index in [1.165, 1.54) is 11.8 Å². The maximum Gasteiger partial charge on any atom is 0.266 e. The van der Waals surface area contributed by atoms with Gasteiger partial charge in [0.1, 0.15) is 11.5 Å². The summed E-state index contributed by atoms with van der Waals surface area (Å²) in [5.74, 6) is 1.39. The predicted octanol–water partition coefficient (Wildman–Crippen LogP) is 5.45. The van der Waals surface area contributed by atoms with Crippen molar-refractivity contribution in [3.8, 4) is 5.75 Å². The number of carbonyl (C=O) groups excluding carboxylic acids is 1. The third-order valence-electron chi connectivity index (χ3n) is 3.58. The zero-order valence-corrected chi connectivity index (χ0v) is 17.0. The molecule has 0 unspecified atom stereocenters. The van der Waals surface area contributed by atoms with Gasteiger partial charge in [0, 0.05) is 12.6 Å². The number of hydrogen-bond donors (Lipinski definition) is 0. The summed E-state index contributed by atoms with van der Waals surface area (Å²) in [5.41, 5.74) is 0.784. The molecule has 2 aromatic rings. The molecule has 0 spiro atoms. The molecule has 2 heterocycles. The Morgan fingerprint density at radius 3 is 2.62 bits per heavy atom. The van der Waals surface area contributed by atoms with Gasteiger partial charge in [-0.3, -0.25) is 9.69 Å². The molecule has 0 N–H and O–H groups in total. The predicted molar refractivity (Wildman–Crippen MR) is 109 cm³/mol. The lowest BCUT2D eigenvalue weighted by Crippen LogP contribution is -2.29. The van der Waals surface area contributed by atoms with Crippen LogP contribution in [0.5, 0.6) is 5.75 Å². The van der Waals surface area contributed by atoms with Crippen molar-refractivity contribution in [1.82, 2.24) is 4.90 Å². The molecule has 7 heteroatoms. The van der Waals surface area contributed by atoms with Crippen LogP contribution in [0.3, 0.4) is 0 Å². The van der Waals surface area contributed by atoms with Gasteiger partial charge < -0.3 is 9.15 Å². The van der Waals surface area contributed by atoms with E-state index in [2.05, 4.69) is 20.9 Å². The van der Waals surface area contributed by atoms with Gasteiger partial charge in [-0.05, 0) is 77.4 Å². The van der Waals surface area contributed by atoms with Crippen LogP contribution in [0.4, 0.5) is 5.69 Å². The van der Waals surface area contributed by atoms with Gasteiger partial charge in [0.05, 0.1) is 17.2 Å². The number of carbonyl (C=O) groups is 1. The number of halogens is 1. The number of thioether (sulfide) groups is 1. The minimum Gasteiger partial charge on any atom is -0.494 e. The first kappa shape index (κ1) is 18.8. The lowest BCUT2D eigenvalue weighted by molar-refractivity contribution is -0.122. The number of nitrogens with zero attached hydrogens (tertiary/aromatic N) is 2. The van der Waals surface area contributed by atoms with E-state index in [-0.39, 0.29) is 5.91 Å². The van der Waals surface area contributed by atoms with Gasteiger partial charge in [0.15, 0.2) is 9.84 Å². The van der Waals surface area contributed by atoms with Crippen molar-refractivity contribution in [2.75, 3.05) is 13.2 Å². The summed E-state index contributed by atoms with van der Waals surface area (Å²) in [7, 11) is 0. The molecule has 0 bridgehead atoms. The van der Waals surface area contributed by atoms with Crippen molar-refractivity contribution in [1.29, 1.82) is 0 Å². The van der Waals surface area contributed by atoms with E-state index in [9.17, 15) is 4.79 Å². The highest BCUT2D eigenvalue weighted by atomic mass is 79.9. The molecule has 1 aliphatic rings. The molecular weight excluding hydrogens is 416 g/mol. The molecule has 0 aliphatic carbocycles. The second kappa shape index (κ2) is 8.60. The largest absolute Gasteiger partial charge is 0.494 e. The molecule has 1 saturated heterocycles. The van der Waals surface area contributed by atoms with Crippen molar-refractivity contribution >= 4 is 50.5 Å². The Hall–Kier alpha value is -1.99. The molecular formula is C19H19BrN2O3S. The number of furan rings is 1. The minimum absolute atomic E-state index is 0.0472. The Balaban J connectivity index is 1.87. The zero-order chi connectivity index (χ0) is 18.5. The third kappa shape index (κ3) is 4.40. The lowest BCUT2D eigenvalue weighted by Gasteiger charge is -2.14. The third-order valence-corrected chi connectivity index (χ3v) is 5.01. The van der Waals surface area contributed by atoms with Gasteiger partial charge >= 0.3 is 0 Å². The molecule has 26 heavy (non-hydrogen) atoms. The second-order valence-corrected chi connectivity index (χ2v) is 7.32. The Kier molecular flexibility index (Phi) is 6.21. The van der Waals surface area contributed by atoms with Crippen LogP contribution in [0.15, 0.2) is 55.4 Å². The van der Waals surface area contributed by atoms with Gasteiger partial charge in [0.2, 0.25) is 0 Å².